The van der Waals surface area contributed by atoms with Crippen molar-refractivity contribution >= 4 is 21.6 Å². The molecule has 1 aliphatic carbocycles. The van der Waals surface area contributed by atoms with Gasteiger partial charge in [-0.1, -0.05) is 0 Å². The average Bonchev–Trinajstić information content (AvgIpc) is 2.89. The molecule has 8 heteroatoms. The minimum atomic E-state index is -3.99. The van der Waals surface area contributed by atoms with Gasteiger partial charge in [0.25, 0.3) is 0 Å². The molecule has 1 aliphatic rings. The van der Waals surface area contributed by atoms with Crippen molar-refractivity contribution in [2.45, 2.75) is 17.9 Å². The van der Waals surface area contributed by atoms with Crippen molar-refractivity contribution in [1.82, 2.24) is 0 Å². The number of ketones is 2. The Morgan fingerprint density at radius 3 is 2.36 bits per heavy atom. The predicted octanol–water partition coefficient (Wildman–Crippen LogP) is 0.756. The molecule has 0 bridgehead atoms. The van der Waals surface area contributed by atoms with E-state index in [0.717, 1.165) is 12.1 Å². The summed E-state index contributed by atoms with van der Waals surface area (Å²) < 4.78 is 28.0. The number of aliphatic hydroxyl groups is 1. The van der Waals surface area contributed by atoms with Crippen molar-refractivity contribution in [2.75, 3.05) is 0 Å². The van der Waals surface area contributed by atoms with Crippen molar-refractivity contribution in [3.8, 4) is 0 Å². The first-order valence-corrected chi connectivity index (χ1v) is 7.83. The normalized spacial score (nSPS) is 15.4. The van der Waals surface area contributed by atoms with Gasteiger partial charge in [-0.3, -0.25) is 9.59 Å². The Bertz CT molecular complexity index is 923. The van der Waals surface area contributed by atoms with Gasteiger partial charge in [-0.05, 0) is 31.2 Å². The van der Waals surface area contributed by atoms with Crippen LogP contribution < -0.4 is 5.14 Å². The number of rotatable bonds is 2. The number of hydrogen-bond donors (Lipinski definition) is 2. The van der Waals surface area contributed by atoms with E-state index in [4.69, 9.17) is 9.56 Å². The van der Waals surface area contributed by atoms with Gasteiger partial charge in [0, 0.05) is 11.1 Å². The number of nitrogens with two attached hydrogens (primary N) is 1. The highest BCUT2D eigenvalue weighted by atomic mass is 32.2. The third kappa shape index (κ3) is 2.08. The lowest BCUT2D eigenvalue weighted by Crippen LogP contribution is -2.21. The van der Waals surface area contributed by atoms with Crippen molar-refractivity contribution < 1.29 is 27.5 Å². The Balaban J connectivity index is 2.22. The maximum atomic E-state index is 12.4. The van der Waals surface area contributed by atoms with E-state index in [0.29, 0.717) is 0 Å². The molecule has 1 atom stereocenters. The molecule has 2 aromatic rings. The van der Waals surface area contributed by atoms with Gasteiger partial charge in [0.2, 0.25) is 15.8 Å². The third-order valence-electron chi connectivity index (χ3n) is 3.42. The van der Waals surface area contributed by atoms with Crippen molar-refractivity contribution in [1.29, 1.82) is 0 Å². The fourth-order valence-electron chi connectivity index (χ4n) is 2.31. The Kier molecular flexibility index (Phi) is 3.06. The number of fused-ring (bicyclic) bond motifs is 2. The van der Waals surface area contributed by atoms with Gasteiger partial charge in [0.15, 0.2) is 11.5 Å². The zero-order valence-corrected chi connectivity index (χ0v) is 12.2. The summed E-state index contributed by atoms with van der Waals surface area (Å²) in [4.78, 5) is 24.5. The molecule has 0 spiro atoms. The zero-order chi connectivity index (χ0) is 16.2. The van der Waals surface area contributed by atoms with E-state index in [1.165, 1.54) is 19.1 Å². The lowest BCUT2D eigenvalue weighted by Gasteiger charge is -2.13. The summed E-state index contributed by atoms with van der Waals surface area (Å²) in [7, 11) is -3.99. The van der Waals surface area contributed by atoms with Crippen LogP contribution in [0.3, 0.4) is 0 Å². The molecule has 1 aromatic carbocycles. The van der Waals surface area contributed by atoms with Crippen molar-refractivity contribution in [3.63, 3.8) is 0 Å². The fraction of sp³-hybridized carbons (Fsp3) is 0.143. The van der Waals surface area contributed by atoms with E-state index < -0.39 is 27.7 Å². The van der Waals surface area contributed by atoms with E-state index in [-0.39, 0.29) is 33.1 Å². The molecule has 0 radical (unpaired) electrons. The van der Waals surface area contributed by atoms with Crippen molar-refractivity contribution in [3.05, 3.63) is 52.5 Å². The van der Waals surface area contributed by atoms with Gasteiger partial charge < -0.3 is 9.52 Å². The van der Waals surface area contributed by atoms with Gasteiger partial charge in [-0.15, -0.1) is 0 Å². The molecule has 3 N–H and O–H groups in total. The first kappa shape index (κ1) is 14.6. The molecular weight excluding hydrogens is 310 g/mol. The van der Waals surface area contributed by atoms with Gasteiger partial charge in [-0.2, -0.15) is 0 Å². The smallest absolute Gasteiger partial charge is 0.238 e. The highest BCUT2D eigenvalue weighted by Crippen LogP contribution is 2.32. The second-order valence-electron chi connectivity index (χ2n) is 4.98. The second-order valence-corrected chi connectivity index (χ2v) is 6.54. The topological polar surface area (TPSA) is 128 Å². The maximum absolute atomic E-state index is 12.4. The minimum Gasteiger partial charge on any atom is -0.454 e. The molecule has 0 saturated carbocycles. The Morgan fingerprint density at radius 1 is 1.09 bits per heavy atom. The lowest BCUT2D eigenvalue weighted by molar-refractivity contribution is 0.0953. The Hall–Kier alpha value is -2.29. The molecule has 0 fully saturated rings. The molecule has 1 heterocycles. The second kappa shape index (κ2) is 4.60. The summed E-state index contributed by atoms with van der Waals surface area (Å²) in [6.45, 7) is 1.44. The molecule has 0 saturated heterocycles. The van der Waals surface area contributed by atoms with Crippen LogP contribution >= 0.6 is 0 Å². The number of benzene rings is 1. The summed E-state index contributed by atoms with van der Waals surface area (Å²) in [5, 5.41) is 14.5. The van der Waals surface area contributed by atoms with Crippen LogP contribution in [-0.2, 0) is 10.0 Å². The monoisotopic (exact) mass is 321 g/mol. The number of primary sulfonamides is 1. The van der Waals surface area contributed by atoms with Gasteiger partial charge >= 0.3 is 0 Å². The molecule has 7 nitrogen and oxygen atoms in total. The maximum Gasteiger partial charge on any atom is 0.238 e. The number of sulfonamides is 1. The quantitative estimate of drug-likeness (QED) is 0.717. The molecule has 1 unspecified atom stereocenters. The van der Waals surface area contributed by atoms with Crippen LogP contribution in [0.15, 0.2) is 33.6 Å². The standard InChI is InChI=1S/C14H11NO6S/c1-6(16)11-5-10-12(17)9-4-7(22(15,19)20)2-3-8(9)13(18)14(10)21-11/h2-6,16H,1H3,(H2,15,19,20). The number of carbonyl (C=O) groups excluding carboxylic acids is 2. The van der Waals surface area contributed by atoms with Gasteiger partial charge in [0.05, 0.1) is 10.5 Å². The first-order valence-electron chi connectivity index (χ1n) is 6.28. The van der Waals surface area contributed by atoms with Crippen molar-refractivity contribution in [2.24, 2.45) is 5.14 Å². The summed E-state index contributed by atoms with van der Waals surface area (Å²) >= 11 is 0. The minimum absolute atomic E-state index is 0.0000283. The lowest BCUT2D eigenvalue weighted by atomic mass is 9.88. The van der Waals surface area contributed by atoms with Crippen LogP contribution in [0.1, 0.15) is 50.8 Å². The predicted molar refractivity (Wildman–Crippen MR) is 74.0 cm³/mol. The van der Waals surface area contributed by atoms with Crippen LogP contribution in [0, 0.1) is 0 Å². The van der Waals surface area contributed by atoms with Crippen LogP contribution in [0.4, 0.5) is 0 Å². The van der Waals surface area contributed by atoms with Crippen LogP contribution in [0.2, 0.25) is 0 Å². The average molecular weight is 321 g/mol. The summed E-state index contributed by atoms with van der Waals surface area (Å²) in [6.07, 6.45) is -0.978. The Labute approximate surface area is 125 Å². The molecule has 0 amide bonds. The molecule has 114 valence electrons. The van der Waals surface area contributed by atoms with Gasteiger partial charge in [0.1, 0.15) is 11.9 Å². The summed E-state index contributed by atoms with van der Waals surface area (Å²) in [6, 6.07) is 4.74. The van der Waals surface area contributed by atoms with E-state index in [9.17, 15) is 23.1 Å². The molecule has 22 heavy (non-hydrogen) atoms. The molecule has 1 aromatic heterocycles. The largest absolute Gasteiger partial charge is 0.454 e. The van der Waals surface area contributed by atoms with E-state index >= 15 is 0 Å². The molecule has 0 aliphatic heterocycles. The SMILES string of the molecule is CC(O)c1cc2c(o1)C(=O)c1ccc(S(N)(=O)=O)cc1C2=O. The van der Waals surface area contributed by atoms with E-state index in [1.54, 1.807) is 0 Å². The fourth-order valence-corrected chi connectivity index (χ4v) is 2.85. The highest BCUT2D eigenvalue weighted by molar-refractivity contribution is 7.89. The van der Waals surface area contributed by atoms with E-state index in [2.05, 4.69) is 0 Å². The third-order valence-corrected chi connectivity index (χ3v) is 4.33. The summed E-state index contributed by atoms with van der Waals surface area (Å²) in [5.74, 6) is -1.16. The molecule has 3 rings (SSSR count). The summed E-state index contributed by atoms with van der Waals surface area (Å²) in [5.41, 5.74) is -0.0154. The number of carbonyl (C=O) groups is 2. The first-order chi connectivity index (χ1) is 10.2. The van der Waals surface area contributed by atoms with Crippen LogP contribution in [0.5, 0.6) is 0 Å². The number of aliphatic hydroxyl groups excluding tert-OH is 1. The zero-order valence-electron chi connectivity index (χ0n) is 11.4. The highest BCUT2D eigenvalue weighted by Gasteiger charge is 2.35. The number of hydrogen-bond acceptors (Lipinski definition) is 6. The van der Waals surface area contributed by atoms with Crippen LogP contribution in [0.25, 0.3) is 0 Å². The van der Waals surface area contributed by atoms with Gasteiger partial charge in [-0.25, -0.2) is 13.6 Å². The van der Waals surface area contributed by atoms with Crippen LogP contribution in [-0.4, -0.2) is 25.1 Å². The molecular formula is C14H11NO6S. The number of furan rings is 1. The Morgan fingerprint density at radius 2 is 1.77 bits per heavy atom. The van der Waals surface area contributed by atoms with E-state index in [1.807, 2.05) is 0 Å².